The molecule has 0 aromatic heterocycles. The predicted octanol–water partition coefficient (Wildman–Crippen LogP) is 3.93. The normalized spacial score (nSPS) is 11.0. The summed E-state index contributed by atoms with van der Waals surface area (Å²) >= 11 is 0. The van der Waals surface area contributed by atoms with E-state index in [0.717, 1.165) is 17.9 Å². The number of benzene rings is 1. The molecule has 2 heteroatoms. The number of para-hydroxylation sites is 2. The van der Waals surface area contributed by atoms with Crippen molar-refractivity contribution in [3.05, 3.63) is 24.3 Å². The van der Waals surface area contributed by atoms with Crippen molar-refractivity contribution in [2.24, 2.45) is 0 Å². The van der Waals surface area contributed by atoms with Gasteiger partial charge in [-0.05, 0) is 25.5 Å². The Morgan fingerprint density at radius 1 is 1.27 bits per heavy atom. The summed E-state index contributed by atoms with van der Waals surface area (Å²) in [6, 6.07) is 8.46. The Bertz CT molecular complexity index is 260. The minimum Gasteiger partial charge on any atom is -0.495 e. The molecule has 0 heterocycles. The standard InChI is InChI=1S/C11H17NO.C2H6/c1-4-9(2)12-10-7-5-6-8-11(10)13-3;1-2/h5-9,12H,4H2,1-3H3;1-2H3. The third-order valence-electron chi connectivity index (χ3n) is 2.12. The van der Waals surface area contributed by atoms with Gasteiger partial charge in [0.2, 0.25) is 0 Å². The second-order valence-electron chi connectivity index (χ2n) is 3.15. The Labute approximate surface area is 93.7 Å². The van der Waals surface area contributed by atoms with Crippen LogP contribution in [0.4, 0.5) is 5.69 Å². The number of nitrogens with one attached hydrogen (secondary N) is 1. The van der Waals surface area contributed by atoms with E-state index in [9.17, 15) is 0 Å². The quantitative estimate of drug-likeness (QED) is 0.811. The van der Waals surface area contributed by atoms with Crippen molar-refractivity contribution in [2.75, 3.05) is 12.4 Å². The molecule has 1 rings (SSSR count). The van der Waals surface area contributed by atoms with Gasteiger partial charge in [-0.25, -0.2) is 0 Å². The van der Waals surface area contributed by atoms with Crippen LogP contribution in [0.25, 0.3) is 0 Å². The van der Waals surface area contributed by atoms with Crippen LogP contribution in [0, 0.1) is 0 Å². The lowest BCUT2D eigenvalue weighted by atomic mass is 10.2. The minimum atomic E-state index is 0.483. The van der Waals surface area contributed by atoms with Crippen LogP contribution in [0.5, 0.6) is 5.75 Å². The van der Waals surface area contributed by atoms with E-state index in [2.05, 4.69) is 19.2 Å². The Kier molecular flexibility index (Phi) is 7.51. The molecular weight excluding hydrogens is 186 g/mol. The van der Waals surface area contributed by atoms with Crippen LogP contribution in [-0.4, -0.2) is 13.2 Å². The monoisotopic (exact) mass is 209 g/mol. The lowest BCUT2D eigenvalue weighted by molar-refractivity contribution is 0.416. The van der Waals surface area contributed by atoms with Crippen LogP contribution in [-0.2, 0) is 0 Å². The topological polar surface area (TPSA) is 21.3 Å². The number of methoxy groups -OCH3 is 1. The fourth-order valence-corrected chi connectivity index (χ4v) is 1.13. The van der Waals surface area contributed by atoms with E-state index in [1.165, 1.54) is 0 Å². The molecule has 0 saturated carbocycles. The number of hydrogen-bond acceptors (Lipinski definition) is 2. The van der Waals surface area contributed by atoms with Crippen molar-refractivity contribution < 1.29 is 4.74 Å². The van der Waals surface area contributed by atoms with Gasteiger partial charge in [-0.1, -0.05) is 32.9 Å². The molecule has 1 atom stereocenters. The molecule has 0 spiro atoms. The zero-order valence-corrected chi connectivity index (χ0v) is 10.5. The van der Waals surface area contributed by atoms with Crippen LogP contribution >= 0.6 is 0 Å². The number of anilines is 1. The zero-order chi connectivity index (χ0) is 11.7. The second-order valence-corrected chi connectivity index (χ2v) is 3.15. The van der Waals surface area contributed by atoms with Crippen molar-refractivity contribution in [1.82, 2.24) is 0 Å². The maximum Gasteiger partial charge on any atom is 0.141 e. The lowest BCUT2D eigenvalue weighted by Crippen LogP contribution is -2.13. The van der Waals surface area contributed by atoms with Gasteiger partial charge in [-0.15, -0.1) is 0 Å². The van der Waals surface area contributed by atoms with E-state index >= 15 is 0 Å². The van der Waals surface area contributed by atoms with E-state index in [-0.39, 0.29) is 0 Å². The van der Waals surface area contributed by atoms with Crippen LogP contribution in [0.15, 0.2) is 24.3 Å². The molecule has 1 aromatic carbocycles. The molecule has 15 heavy (non-hydrogen) atoms. The van der Waals surface area contributed by atoms with Crippen molar-refractivity contribution in [3.63, 3.8) is 0 Å². The van der Waals surface area contributed by atoms with Gasteiger partial charge >= 0.3 is 0 Å². The second kappa shape index (κ2) is 8.16. The van der Waals surface area contributed by atoms with Gasteiger partial charge in [0, 0.05) is 6.04 Å². The average molecular weight is 209 g/mol. The summed E-state index contributed by atoms with van der Waals surface area (Å²) in [6.07, 6.45) is 1.11. The van der Waals surface area contributed by atoms with Crippen molar-refractivity contribution in [2.45, 2.75) is 40.2 Å². The molecule has 1 unspecified atom stereocenters. The van der Waals surface area contributed by atoms with E-state index < -0.39 is 0 Å². The molecule has 0 bridgehead atoms. The first kappa shape index (κ1) is 13.8. The Morgan fingerprint density at radius 2 is 1.87 bits per heavy atom. The molecule has 0 amide bonds. The fourth-order valence-electron chi connectivity index (χ4n) is 1.13. The highest BCUT2D eigenvalue weighted by atomic mass is 16.5. The maximum absolute atomic E-state index is 5.23. The molecule has 0 radical (unpaired) electrons. The van der Waals surface area contributed by atoms with Gasteiger partial charge < -0.3 is 10.1 Å². The van der Waals surface area contributed by atoms with Gasteiger partial charge in [-0.3, -0.25) is 0 Å². The van der Waals surface area contributed by atoms with Crippen LogP contribution in [0.2, 0.25) is 0 Å². The van der Waals surface area contributed by atoms with Gasteiger partial charge in [-0.2, -0.15) is 0 Å². The summed E-state index contributed by atoms with van der Waals surface area (Å²) < 4.78 is 5.23. The minimum absolute atomic E-state index is 0.483. The summed E-state index contributed by atoms with van der Waals surface area (Å²) in [6.45, 7) is 8.32. The van der Waals surface area contributed by atoms with E-state index in [4.69, 9.17) is 4.74 Å². The summed E-state index contributed by atoms with van der Waals surface area (Å²) in [5.41, 5.74) is 1.07. The van der Waals surface area contributed by atoms with Crippen LogP contribution in [0.3, 0.4) is 0 Å². The van der Waals surface area contributed by atoms with E-state index in [1.807, 2.05) is 38.1 Å². The van der Waals surface area contributed by atoms with E-state index in [1.54, 1.807) is 7.11 Å². The smallest absolute Gasteiger partial charge is 0.141 e. The lowest BCUT2D eigenvalue weighted by Gasteiger charge is -2.15. The largest absolute Gasteiger partial charge is 0.495 e. The molecule has 0 aliphatic heterocycles. The van der Waals surface area contributed by atoms with Crippen LogP contribution < -0.4 is 10.1 Å². The Balaban J connectivity index is 0.000000921. The first-order chi connectivity index (χ1) is 7.27. The first-order valence-corrected chi connectivity index (χ1v) is 5.67. The summed E-state index contributed by atoms with van der Waals surface area (Å²) in [5.74, 6) is 0.905. The van der Waals surface area contributed by atoms with Gasteiger partial charge in [0.05, 0.1) is 12.8 Å². The highest BCUT2D eigenvalue weighted by Crippen LogP contribution is 2.23. The van der Waals surface area contributed by atoms with E-state index in [0.29, 0.717) is 6.04 Å². The molecule has 1 N–H and O–H groups in total. The van der Waals surface area contributed by atoms with Crippen molar-refractivity contribution in [3.8, 4) is 5.75 Å². The molecule has 86 valence electrons. The molecule has 0 fully saturated rings. The molecule has 2 nitrogen and oxygen atoms in total. The van der Waals surface area contributed by atoms with Gasteiger partial charge in [0.1, 0.15) is 5.75 Å². The fraction of sp³-hybridized carbons (Fsp3) is 0.538. The maximum atomic E-state index is 5.23. The molecular formula is C13H23NO. The summed E-state index contributed by atoms with van der Waals surface area (Å²) in [7, 11) is 1.69. The van der Waals surface area contributed by atoms with Crippen LogP contribution in [0.1, 0.15) is 34.1 Å². The molecule has 0 aliphatic carbocycles. The third kappa shape index (κ3) is 4.73. The molecule has 1 aromatic rings. The van der Waals surface area contributed by atoms with Gasteiger partial charge in [0.15, 0.2) is 0 Å². The molecule has 0 saturated heterocycles. The summed E-state index contributed by atoms with van der Waals surface area (Å²) in [5, 5.41) is 3.39. The number of ether oxygens (including phenoxy) is 1. The summed E-state index contributed by atoms with van der Waals surface area (Å²) in [4.78, 5) is 0. The highest BCUT2D eigenvalue weighted by molar-refractivity contribution is 5.56. The van der Waals surface area contributed by atoms with Crippen molar-refractivity contribution >= 4 is 5.69 Å². The van der Waals surface area contributed by atoms with Crippen molar-refractivity contribution in [1.29, 1.82) is 0 Å². The SMILES string of the molecule is CC.CCC(C)Nc1ccccc1OC. The predicted molar refractivity (Wildman–Crippen MR) is 67.7 cm³/mol. The highest BCUT2D eigenvalue weighted by Gasteiger charge is 2.03. The number of hydrogen-bond donors (Lipinski definition) is 1. The first-order valence-electron chi connectivity index (χ1n) is 5.67. The average Bonchev–Trinajstić information content (AvgIpc) is 2.32. The van der Waals surface area contributed by atoms with Gasteiger partial charge in [0.25, 0.3) is 0 Å². The third-order valence-corrected chi connectivity index (χ3v) is 2.12. The number of rotatable bonds is 4. The molecule has 0 aliphatic rings. The zero-order valence-electron chi connectivity index (χ0n) is 10.5. The Hall–Kier alpha value is -1.18. The Morgan fingerprint density at radius 3 is 2.40 bits per heavy atom.